The fourth-order valence-corrected chi connectivity index (χ4v) is 2.94. The topological polar surface area (TPSA) is 24.9 Å². The minimum Gasteiger partial charge on any atom is -0.317 e. The van der Waals surface area contributed by atoms with Gasteiger partial charge in [-0.1, -0.05) is 0 Å². The molecule has 0 radical (unpaired) electrons. The van der Waals surface area contributed by atoms with E-state index in [0.717, 1.165) is 18.6 Å². The molecule has 2 aromatic heterocycles. The normalized spacial score (nSPS) is 18.4. The van der Waals surface area contributed by atoms with Crippen molar-refractivity contribution >= 4 is 21.6 Å². The molecule has 3 heteroatoms. The van der Waals surface area contributed by atoms with E-state index in [-0.39, 0.29) is 0 Å². The van der Waals surface area contributed by atoms with Crippen LogP contribution in [0.2, 0.25) is 0 Å². The molecule has 0 aromatic carbocycles. The van der Waals surface area contributed by atoms with Crippen LogP contribution in [0.5, 0.6) is 0 Å². The van der Waals surface area contributed by atoms with Gasteiger partial charge >= 0.3 is 0 Å². The molecular weight excluding hydrogens is 204 g/mol. The predicted octanol–water partition coefficient (Wildman–Crippen LogP) is 2.76. The second kappa shape index (κ2) is 3.91. The Kier molecular flexibility index (Phi) is 2.43. The summed E-state index contributed by atoms with van der Waals surface area (Å²) >= 11 is 1.77. The van der Waals surface area contributed by atoms with Gasteiger partial charge in [0, 0.05) is 11.6 Å². The first-order chi connectivity index (χ1) is 7.43. The smallest absolute Gasteiger partial charge is 0.0813 e. The predicted molar refractivity (Wildman–Crippen MR) is 64.5 cm³/mol. The summed E-state index contributed by atoms with van der Waals surface area (Å²) in [5, 5.41) is 5.51. The van der Waals surface area contributed by atoms with E-state index < -0.39 is 0 Å². The second-order valence-corrected chi connectivity index (χ2v) is 5.01. The van der Waals surface area contributed by atoms with Crippen LogP contribution in [-0.4, -0.2) is 18.1 Å². The van der Waals surface area contributed by atoms with Crippen molar-refractivity contribution in [3.05, 3.63) is 29.3 Å². The lowest BCUT2D eigenvalue weighted by Crippen LogP contribution is -2.26. The van der Waals surface area contributed by atoms with Gasteiger partial charge in [-0.05, 0) is 49.5 Å². The number of hydrogen-bond acceptors (Lipinski definition) is 3. The Morgan fingerprint density at radius 2 is 2.07 bits per heavy atom. The van der Waals surface area contributed by atoms with Gasteiger partial charge in [-0.15, -0.1) is 11.3 Å². The maximum absolute atomic E-state index is 4.74. The van der Waals surface area contributed by atoms with Crippen molar-refractivity contribution < 1.29 is 0 Å². The SMILES string of the molecule is c1cc2nc(C3CCNCC3)ccc2s1. The van der Waals surface area contributed by atoms with E-state index >= 15 is 0 Å². The number of hydrogen-bond donors (Lipinski definition) is 1. The van der Waals surface area contributed by atoms with Crippen molar-refractivity contribution in [3.63, 3.8) is 0 Å². The van der Waals surface area contributed by atoms with E-state index in [2.05, 4.69) is 28.9 Å². The Bertz CT molecular complexity index is 457. The molecule has 1 N–H and O–H groups in total. The number of pyridine rings is 1. The minimum atomic E-state index is 0.663. The fraction of sp³-hybridized carbons (Fsp3) is 0.417. The standard InChI is InChI=1S/C12H14N2S/c1-2-12-11(5-8-15-12)14-10(1)9-3-6-13-7-4-9/h1-2,5,8-9,13H,3-4,6-7H2. The monoisotopic (exact) mass is 218 g/mol. The summed E-state index contributed by atoms with van der Waals surface area (Å²) < 4.78 is 1.30. The van der Waals surface area contributed by atoms with Gasteiger partial charge in [-0.3, -0.25) is 4.98 Å². The minimum absolute atomic E-state index is 0.663. The average molecular weight is 218 g/mol. The molecule has 0 bridgehead atoms. The molecule has 0 unspecified atom stereocenters. The molecule has 15 heavy (non-hydrogen) atoms. The molecule has 1 fully saturated rings. The van der Waals surface area contributed by atoms with Gasteiger partial charge in [0.05, 0.1) is 10.2 Å². The zero-order chi connectivity index (χ0) is 10.1. The van der Waals surface area contributed by atoms with Crippen LogP contribution < -0.4 is 5.32 Å². The quantitative estimate of drug-likeness (QED) is 0.796. The molecule has 3 rings (SSSR count). The highest BCUT2D eigenvalue weighted by Gasteiger charge is 2.16. The van der Waals surface area contributed by atoms with E-state index in [1.807, 2.05) is 0 Å². The summed E-state index contributed by atoms with van der Waals surface area (Å²) in [6.07, 6.45) is 2.45. The summed E-state index contributed by atoms with van der Waals surface area (Å²) in [5.74, 6) is 0.663. The highest BCUT2D eigenvalue weighted by molar-refractivity contribution is 7.17. The molecule has 78 valence electrons. The first-order valence-electron chi connectivity index (χ1n) is 5.48. The van der Waals surface area contributed by atoms with Crippen LogP contribution in [0, 0.1) is 0 Å². The number of rotatable bonds is 1. The van der Waals surface area contributed by atoms with E-state index in [0.29, 0.717) is 5.92 Å². The van der Waals surface area contributed by atoms with Gasteiger partial charge in [0.2, 0.25) is 0 Å². The van der Waals surface area contributed by atoms with E-state index in [1.165, 1.54) is 23.2 Å². The number of piperidine rings is 1. The van der Waals surface area contributed by atoms with Crippen LogP contribution in [-0.2, 0) is 0 Å². The zero-order valence-corrected chi connectivity index (χ0v) is 9.39. The van der Waals surface area contributed by atoms with Gasteiger partial charge in [0.1, 0.15) is 0 Å². The molecule has 1 aliphatic heterocycles. The maximum atomic E-state index is 4.74. The van der Waals surface area contributed by atoms with Crippen LogP contribution in [0.15, 0.2) is 23.6 Å². The lowest BCUT2D eigenvalue weighted by molar-refractivity contribution is 0.454. The molecule has 0 amide bonds. The van der Waals surface area contributed by atoms with Crippen LogP contribution in [0.25, 0.3) is 10.2 Å². The lowest BCUT2D eigenvalue weighted by Gasteiger charge is -2.21. The summed E-state index contributed by atoms with van der Waals surface area (Å²) in [7, 11) is 0. The largest absolute Gasteiger partial charge is 0.317 e. The Morgan fingerprint density at radius 3 is 2.93 bits per heavy atom. The Labute approximate surface area is 93.3 Å². The van der Waals surface area contributed by atoms with E-state index in [9.17, 15) is 0 Å². The molecule has 0 spiro atoms. The van der Waals surface area contributed by atoms with Crippen molar-refractivity contribution in [2.24, 2.45) is 0 Å². The van der Waals surface area contributed by atoms with Gasteiger partial charge in [-0.2, -0.15) is 0 Å². The highest BCUT2D eigenvalue weighted by Crippen LogP contribution is 2.27. The summed E-state index contributed by atoms with van der Waals surface area (Å²) in [6.45, 7) is 2.27. The number of thiophene rings is 1. The summed E-state index contributed by atoms with van der Waals surface area (Å²) in [6, 6.07) is 6.53. The van der Waals surface area contributed by atoms with Crippen LogP contribution >= 0.6 is 11.3 Å². The van der Waals surface area contributed by atoms with Crippen LogP contribution in [0.1, 0.15) is 24.5 Å². The summed E-state index contributed by atoms with van der Waals surface area (Å²) in [4.78, 5) is 4.74. The Balaban J connectivity index is 1.95. The van der Waals surface area contributed by atoms with E-state index in [1.54, 1.807) is 11.3 Å². The number of nitrogens with one attached hydrogen (secondary N) is 1. The van der Waals surface area contributed by atoms with Crippen LogP contribution in [0.3, 0.4) is 0 Å². The third kappa shape index (κ3) is 1.77. The molecule has 0 atom stereocenters. The maximum Gasteiger partial charge on any atom is 0.0813 e. The molecule has 2 nitrogen and oxygen atoms in total. The molecule has 1 saturated heterocycles. The van der Waals surface area contributed by atoms with Crippen molar-refractivity contribution in [3.8, 4) is 0 Å². The van der Waals surface area contributed by atoms with Crippen molar-refractivity contribution in [2.75, 3.05) is 13.1 Å². The fourth-order valence-electron chi connectivity index (χ4n) is 2.21. The van der Waals surface area contributed by atoms with Crippen molar-refractivity contribution in [2.45, 2.75) is 18.8 Å². The molecule has 3 heterocycles. The van der Waals surface area contributed by atoms with Crippen molar-refractivity contribution in [1.82, 2.24) is 10.3 Å². The first kappa shape index (κ1) is 9.31. The highest BCUT2D eigenvalue weighted by atomic mass is 32.1. The molecular formula is C12H14N2S. The number of fused-ring (bicyclic) bond motifs is 1. The van der Waals surface area contributed by atoms with Crippen LogP contribution in [0.4, 0.5) is 0 Å². The molecule has 1 aliphatic rings. The molecule has 2 aromatic rings. The molecule has 0 saturated carbocycles. The average Bonchev–Trinajstić information content (AvgIpc) is 2.77. The van der Waals surface area contributed by atoms with Gasteiger partial charge < -0.3 is 5.32 Å². The zero-order valence-electron chi connectivity index (χ0n) is 8.57. The van der Waals surface area contributed by atoms with Gasteiger partial charge in [0.15, 0.2) is 0 Å². The second-order valence-electron chi connectivity index (χ2n) is 4.06. The third-order valence-corrected chi connectivity index (χ3v) is 3.96. The van der Waals surface area contributed by atoms with Gasteiger partial charge in [0.25, 0.3) is 0 Å². The lowest BCUT2D eigenvalue weighted by atomic mass is 9.94. The number of aromatic nitrogens is 1. The summed E-state index contributed by atoms with van der Waals surface area (Å²) in [5.41, 5.74) is 2.44. The number of nitrogens with zero attached hydrogens (tertiary/aromatic N) is 1. The van der Waals surface area contributed by atoms with E-state index in [4.69, 9.17) is 4.98 Å². The van der Waals surface area contributed by atoms with Gasteiger partial charge in [-0.25, -0.2) is 0 Å². The molecule has 0 aliphatic carbocycles. The third-order valence-electron chi connectivity index (χ3n) is 3.09. The van der Waals surface area contributed by atoms with Crippen molar-refractivity contribution in [1.29, 1.82) is 0 Å². The Hall–Kier alpha value is -0.930. The first-order valence-corrected chi connectivity index (χ1v) is 6.36. The Morgan fingerprint density at radius 1 is 1.20 bits per heavy atom.